The number of alkyl halides is 9. The lowest BCUT2D eigenvalue weighted by Crippen LogP contribution is -3.00. The number of amides is 4. The molecule has 0 unspecified atom stereocenters. The molecule has 85 heavy (non-hydrogen) atoms. The van der Waals surface area contributed by atoms with Gasteiger partial charge in [0.2, 0.25) is 6.33 Å². The van der Waals surface area contributed by atoms with Crippen molar-refractivity contribution in [1.82, 2.24) is 24.5 Å². The van der Waals surface area contributed by atoms with Gasteiger partial charge in [0.15, 0.2) is 0 Å². The van der Waals surface area contributed by atoms with Gasteiger partial charge in [-0.05, 0) is 90.5 Å². The van der Waals surface area contributed by atoms with Crippen LogP contribution in [-0.4, -0.2) is 66.7 Å². The molecule has 5 aromatic carbocycles. The van der Waals surface area contributed by atoms with Gasteiger partial charge in [-0.25, -0.2) is 14.5 Å². The highest BCUT2D eigenvalue weighted by Gasteiger charge is 2.41. The van der Waals surface area contributed by atoms with Crippen molar-refractivity contribution >= 4 is 92.7 Å². The van der Waals surface area contributed by atoms with Gasteiger partial charge >= 0.3 is 36.3 Å². The van der Waals surface area contributed by atoms with Gasteiger partial charge in [-0.3, -0.25) is 24.2 Å². The fraction of sp³-hybridized carbons (Fsp3) is 0.0656. The first-order chi connectivity index (χ1) is 40.2. The Hall–Kier alpha value is -10.6. The largest absolute Gasteiger partial charge is 1.00 e. The number of hydrogen-bond donors (Lipinski definition) is 6. The van der Waals surface area contributed by atoms with Crippen molar-refractivity contribution in [2.24, 2.45) is 0 Å². The Bertz CT molecular complexity index is 4310. The Kier molecular flexibility index (Phi) is 15.6. The number of nitrogens with zero attached hydrogens (tertiary/aromatic N) is 3. The zero-order valence-electron chi connectivity index (χ0n) is 43.4. The van der Waals surface area contributed by atoms with Crippen LogP contribution >= 0.6 is 0 Å². The number of aromatic nitrogens is 6. The summed E-state index contributed by atoms with van der Waals surface area (Å²) in [5, 5.41) is 8.87. The van der Waals surface area contributed by atoms with E-state index in [1.165, 1.54) is 97.1 Å². The predicted octanol–water partition coefficient (Wildman–Crippen LogP) is 10.7. The van der Waals surface area contributed by atoms with Crippen LogP contribution in [0.25, 0.3) is 90.9 Å². The van der Waals surface area contributed by atoms with Gasteiger partial charge in [0, 0.05) is 94.9 Å². The maximum absolute atomic E-state index is 14.3. The number of rotatable bonds is 11. The van der Waals surface area contributed by atoms with Gasteiger partial charge in [-0.15, -0.1) is 0 Å². The van der Waals surface area contributed by atoms with Crippen LogP contribution in [-0.2, 0) is 20.9 Å². The number of nitrogens with one attached hydrogen (secondary N) is 7. The summed E-state index contributed by atoms with van der Waals surface area (Å²) in [7, 11) is 0. The molecular weight excluding hydrogens is 1140 g/mol. The number of aromatic amines is 3. The third kappa shape index (κ3) is 12.0. The minimum Gasteiger partial charge on any atom is -1.00 e. The van der Waals surface area contributed by atoms with Crippen molar-refractivity contribution in [3.63, 3.8) is 0 Å². The number of anilines is 4. The average molecular weight is 1180 g/mol. The standard InChI is InChI=1S/C61H39F9N10O4.ClH/c62-59(63,64)56(82)77-40-17-6-2-13-36(40)52-45-22-20-43(72-45)51(35-12-1-5-16-39(35)76-55(81)34-11-9-10-33(30-34)31-80-29-28-71-32-80)44-21-23-46(73-44)53(37-14-3-7-18-41(37)78-57(83)60(65,66)67)48-25-27-50(75-48)54(49-26-24-47(52)74-49)38-15-4-8-19-42(38)79-58(84)61(68,69)70;/h1-30,32,72,75H,31H2,(H,76,81)(H,77,82)(H,78,83)(H,79,84);1H. The third-order valence-corrected chi connectivity index (χ3v) is 13.5. The lowest BCUT2D eigenvalue weighted by Gasteiger charge is -2.15. The van der Waals surface area contributed by atoms with E-state index in [1.807, 2.05) is 32.8 Å². The molecule has 6 heterocycles. The number of H-pyrrole nitrogens is 3. The van der Waals surface area contributed by atoms with Crippen molar-refractivity contribution in [2.45, 2.75) is 25.1 Å². The molecule has 0 atom stereocenters. The molecule has 4 amide bonds. The van der Waals surface area contributed by atoms with E-state index < -0.39 is 42.2 Å². The van der Waals surface area contributed by atoms with Crippen LogP contribution < -0.4 is 38.7 Å². The first-order valence-corrected chi connectivity index (χ1v) is 25.3. The molecule has 0 radical (unpaired) electrons. The Morgan fingerprint density at radius 1 is 0.447 bits per heavy atom. The Morgan fingerprint density at radius 2 is 0.788 bits per heavy atom. The summed E-state index contributed by atoms with van der Waals surface area (Å²) in [5.74, 6) is -7.39. The SMILES string of the molecule is O=C(Nc1ccccc1-c1c2nc(c(-c3ccccc3NC(=O)C(F)(F)F)c3ccc([nH]3)c(-c3ccccc3NC(=O)C(F)(F)F)c3nc(c(-c4ccccc4NC(=O)C(F)(F)F)c4ccc1[nH]4)C=C3)C=C2)c1cccc(Cn2cc[nH+]c2)c1.[Cl-]. The van der Waals surface area contributed by atoms with E-state index in [9.17, 15) is 58.7 Å². The van der Waals surface area contributed by atoms with E-state index in [2.05, 4.69) is 20.3 Å². The molecule has 2 aliphatic heterocycles. The van der Waals surface area contributed by atoms with Crippen LogP contribution in [0.15, 0.2) is 164 Å². The second kappa shape index (κ2) is 23.0. The van der Waals surface area contributed by atoms with Gasteiger partial charge < -0.3 is 43.6 Å². The predicted molar refractivity (Wildman–Crippen MR) is 299 cm³/mol. The molecule has 2 aliphatic rings. The molecule has 7 N–H and O–H groups in total. The summed E-state index contributed by atoms with van der Waals surface area (Å²) < 4.78 is 128. The highest BCUT2D eigenvalue weighted by Crippen LogP contribution is 2.44. The van der Waals surface area contributed by atoms with Crippen molar-refractivity contribution in [1.29, 1.82) is 0 Å². The zero-order valence-corrected chi connectivity index (χ0v) is 44.1. The Labute approximate surface area is 480 Å². The van der Waals surface area contributed by atoms with E-state index in [-0.39, 0.29) is 113 Å². The van der Waals surface area contributed by atoms with Crippen molar-refractivity contribution in [3.8, 4) is 44.5 Å². The van der Waals surface area contributed by atoms with Crippen LogP contribution in [0.4, 0.5) is 62.3 Å². The molecule has 0 spiro atoms. The number of para-hydroxylation sites is 4. The molecule has 24 heteroatoms. The molecule has 0 aliphatic carbocycles. The summed E-state index contributed by atoms with van der Waals surface area (Å²) in [6, 6.07) is 36.6. The molecule has 8 bridgehead atoms. The number of carbonyl (C=O) groups excluding carboxylic acids is 4. The fourth-order valence-corrected chi connectivity index (χ4v) is 9.79. The molecular formula is C61H40ClF9N10O4. The summed E-state index contributed by atoms with van der Waals surface area (Å²) >= 11 is 0. The minimum absolute atomic E-state index is 0. The number of carbonyl (C=O) groups is 4. The van der Waals surface area contributed by atoms with E-state index in [4.69, 9.17) is 9.97 Å². The molecule has 14 nitrogen and oxygen atoms in total. The maximum atomic E-state index is 14.3. The maximum Gasteiger partial charge on any atom is 0.471 e. The molecule has 9 aromatic rings. The molecule has 0 fully saturated rings. The fourth-order valence-electron chi connectivity index (χ4n) is 9.79. The zero-order chi connectivity index (χ0) is 59.1. The van der Waals surface area contributed by atoms with Crippen LogP contribution in [0.5, 0.6) is 0 Å². The van der Waals surface area contributed by atoms with E-state index >= 15 is 0 Å². The first-order valence-electron chi connectivity index (χ1n) is 25.3. The van der Waals surface area contributed by atoms with Gasteiger partial charge in [0.05, 0.1) is 22.8 Å². The van der Waals surface area contributed by atoms with Crippen molar-refractivity contribution < 1.29 is 76.1 Å². The molecule has 0 saturated carbocycles. The Morgan fingerprint density at radius 3 is 1.12 bits per heavy atom. The molecule has 4 aromatic heterocycles. The molecule has 428 valence electrons. The van der Waals surface area contributed by atoms with Crippen LogP contribution in [0.3, 0.4) is 0 Å². The normalized spacial score (nSPS) is 12.1. The molecule has 0 saturated heterocycles. The van der Waals surface area contributed by atoms with E-state index in [1.54, 1.807) is 79.3 Å². The number of halogens is 10. The average Bonchev–Trinajstić information content (AvgIpc) is 2.18. The number of hydrogen-bond acceptors (Lipinski definition) is 6. The summed E-state index contributed by atoms with van der Waals surface area (Å²) in [5.41, 5.74) is 2.42. The van der Waals surface area contributed by atoms with Gasteiger partial charge in [0.25, 0.3) is 5.91 Å². The second-order valence-electron chi connectivity index (χ2n) is 19.0. The topological polar surface area (TPSA) is 193 Å². The number of imidazole rings is 1. The third-order valence-electron chi connectivity index (χ3n) is 13.5. The summed E-state index contributed by atoms with van der Waals surface area (Å²) in [4.78, 5) is 72.0. The summed E-state index contributed by atoms with van der Waals surface area (Å²) in [6.07, 6.45) is -4.55. The highest BCUT2D eigenvalue weighted by atomic mass is 35.5. The van der Waals surface area contributed by atoms with Crippen LogP contribution in [0.2, 0.25) is 0 Å². The lowest BCUT2D eigenvalue weighted by atomic mass is 10.0. The van der Waals surface area contributed by atoms with E-state index in [0.717, 1.165) is 5.56 Å². The smallest absolute Gasteiger partial charge is 0.471 e. The van der Waals surface area contributed by atoms with Gasteiger partial charge in [0.1, 0.15) is 18.9 Å². The second-order valence-corrected chi connectivity index (χ2v) is 19.0. The Balaban J connectivity index is 0.00000803. The molecule has 11 rings (SSSR count). The van der Waals surface area contributed by atoms with Crippen molar-refractivity contribution in [2.75, 3.05) is 21.3 Å². The highest BCUT2D eigenvalue weighted by molar-refractivity contribution is 6.10. The van der Waals surface area contributed by atoms with Crippen LogP contribution in [0.1, 0.15) is 38.7 Å². The van der Waals surface area contributed by atoms with E-state index in [0.29, 0.717) is 23.2 Å². The van der Waals surface area contributed by atoms with Crippen molar-refractivity contribution in [3.05, 3.63) is 198 Å². The summed E-state index contributed by atoms with van der Waals surface area (Å²) in [6.45, 7) is 0.444. The lowest BCUT2D eigenvalue weighted by molar-refractivity contribution is -0.377. The quantitative estimate of drug-likeness (QED) is 0.0698. The van der Waals surface area contributed by atoms with Gasteiger partial charge in [-0.2, -0.15) is 39.5 Å². The van der Waals surface area contributed by atoms with Gasteiger partial charge in [-0.1, -0.05) is 84.9 Å². The first kappa shape index (κ1) is 57.7. The monoisotopic (exact) mass is 1180 g/mol. The van der Waals surface area contributed by atoms with Crippen LogP contribution in [0, 0.1) is 0 Å². The minimum atomic E-state index is -5.34. The number of benzene rings is 5. The number of fused-ring (bicyclic) bond motifs is 8.